The van der Waals surface area contributed by atoms with Crippen LogP contribution in [-0.2, 0) is 0 Å². The van der Waals surface area contributed by atoms with E-state index in [0.717, 1.165) is 0 Å². The summed E-state index contributed by atoms with van der Waals surface area (Å²) >= 11 is 1.88. The highest BCUT2D eigenvalue weighted by molar-refractivity contribution is 7.26. The van der Waals surface area contributed by atoms with Gasteiger partial charge in [0.05, 0.1) is 22.1 Å². The molecule has 0 aliphatic rings. The zero-order valence-corrected chi connectivity index (χ0v) is 28.4. The van der Waals surface area contributed by atoms with Crippen molar-refractivity contribution in [1.29, 1.82) is 0 Å². The second-order valence-corrected chi connectivity index (χ2v) is 14.4. The van der Waals surface area contributed by atoms with Crippen LogP contribution < -0.4 is 0 Å². The van der Waals surface area contributed by atoms with Crippen LogP contribution >= 0.6 is 11.3 Å². The summed E-state index contributed by atoms with van der Waals surface area (Å²) in [6, 6.07) is 66.7. The molecule has 0 spiro atoms. The van der Waals surface area contributed by atoms with Crippen molar-refractivity contribution in [3.63, 3.8) is 0 Å². The van der Waals surface area contributed by atoms with Crippen molar-refractivity contribution in [3.05, 3.63) is 182 Å². The summed E-state index contributed by atoms with van der Waals surface area (Å²) in [6.07, 6.45) is 0. The molecule has 3 heteroatoms. The number of benzene rings is 8. The van der Waals surface area contributed by atoms with Crippen LogP contribution in [0.25, 0.3) is 97.4 Å². The molecule has 0 unspecified atom stereocenters. The van der Waals surface area contributed by atoms with E-state index in [-0.39, 0.29) is 0 Å². The lowest BCUT2D eigenvalue weighted by atomic mass is 9.93. The molecule has 8 aromatic carbocycles. The van der Waals surface area contributed by atoms with Gasteiger partial charge in [-0.05, 0) is 89.0 Å². The summed E-state index contributed by atoms with van der Waals surface area (Å²) in [7, 11) is 0. The third-order valence-electron chi connectivity index (χ3n) is 10.5. The van der Waals surface area contributed by atoms with Crippen molar-refractivity contribution in [3.8, 4) is 33.6 Å². The summed E-state index contributed by atoms with van der Waals surface area (Å²) < 4.78 is 7.43. The maximum Gasteiger partial charge on any atom is 0.0547 e. The summed E-state index contributed by atoms with van der Waals surface area (Å²) in [6.45, 7) is 0. The lowest BCUT2D eigenvalue weighted by Gasteiger charge is -2.12. The number of thiophene rings is 1. The van der Waals surface area contributed by atoms with Gasteiger partial charge in [-0.15, -0.1) is 11.3 Å². The molecule has 0 saturated carbocycles. The van der Waals surface area contributed by atoms with Gasteiger partial charge in [-0.2, -0.15) is 0 Å². The first-order valence-electron chi connectivity index (χ1n) is 17.4. The van der Waals surface area contributed by atoms with Crippen LogP contribution in [0.2, 0.25) is 0 Å². The highest BCUT2D eigenvalue weighted by Crippen LogP contribution is 2.45. The molecule has 3 heterocycles. The van der Waals surface area contributed by atoms with Gasteiger partial charge in [0.15, 0.2) is 0 Å². The van der Waals surface area contributed by atoms with E-state index >= 15 is 0 Å². The van der Waals surface area contributed by atoms with Crippen molar-refractivity contribution in [2.75, 3.05) is 0 Å². The zero-order valence-electron chi connectivity index (χ0n) is 27.6. The Labute approximate surface area is 298 Å². The van der Waals surface area contributed by atoms with Gasteiger partial charge < -0.3 is 9.13 Å². The van der Waals surface area contributed by atoms with E-state index in [1.807, 2.05) is 11.3 Å². The van der Waals surface area contributed by atoms with Crippen molar-refractivity contribution >= 4 is 75.1 Å². The number of fused-ring (bicyclic) bond motifs is 9. The predicted octanol–water partition coefficient (Wildman–Crippen LogP) is 13.6. The van der Waals surface area contributed by atoms with Crippen molar-refractivity contribution in [1.82, 2.24) is 9.13 Å². The Balaban J connectivity index is 1.19. The Morgan fingerprint density at radius 2 is 0.804 bits per heavy atom. The molecule has 11 rings (SSSR count). The Morgan fingerprint density at radius 1 is 0.314 bits per heavy atom. The number of hydrogen-bond donors (Lipinski definition) is 0. The quantitative estimate of drug-likeness (QED) is 0.177. The fraction of sp³-hybridized carbons (Fsp3) is 0. The standard InChI is InChI=1S/C48H30N2S/c1-3-13-34(14-4-1)49-42-20-10-7-17-36(42)38-25-23-31(28-44(38)49)33-27-41(48-40-19-9-12-22-46(40)51-47(48)30-33)32-24-26-39-37-18-8-11-21-43(37)50(45(39)29-32)35-15-5-2-6-16-35/h1-30H. The number of para-hydroxylation sites is 4. The van der Waals surface area contributed by atoms with Gasteiger partial charge in [-0.1, -0.05) is 115 Å². The molecular weight excluding hydrogens is 637 g/mol. The van der Waals surface area contributed by atoms with Crippen LogP contribution in [0.15, 0.2) is 182 Å². The van der Waals surface area contributed by atoms with Gasteiger partial charge in [0, 0.05) is 53.1 Å². The summed E-state index contributed by atoms with van der Waals surface area (Å²) in [5, 5.41) is 7.69. The molecule has 0 amide bonds. The molecule has 0 aliphatic heterocycles. The average Bonchev–Trinajstić information content (AvgIpc) is 3.85. The van der Waals surface area contributed by atoms with Crippen LogP contribution in [0, 0.1) is 0 Å². The predicted molar refractivity (Wildman–Crippen MR) is 219 cm³/mol. The maximum atomic E-state index is 2.43. The number of aromatic nitrogens is 2. The molecule has 238 valence electrons. The minimum atomic E-state index is 1.17. The molecule has 0 saturated heterocycles. The first-order chi connectivity index (χ1) is 25.3. The summed E-state index contributed by atoms with van der Waals surface area (Å²) in [5.41, 5.74) is 12.1. The van der Waals surface area contributed by atoms with E-state index in [2.05, 4.69) is 191 Å². The average molecular weight is 667 g/mol. The van der Waals surface area contributed by atoms with Crippen LogP contribution in [0.1, 0.15) is 0 Å². The summed E-state index contributed by atoms with van der Waals surface area (Å²) in [4.78, 5) is 0. The largest absolute Gasteiger partial charge is 0.309 e. The van der Waals surface area contributed by atoms with E-state index in [1.165, 1.54) is 97.4 Å². The van der Waals surface area contributed by atoms with E-state index < -0.39 is 0 Å². The van der Waals surface area contributed by atoms with Crippen LogP contribution in [0.3, 0.4) is 0 Å². The highest BCUT2D eigenvalue weighted by Gasteiger charge is 2.19. The lowest BCUT2D eigenvalue weighted by Crippen LogP contribution is -1.93. The molecular formula is C48H30N2S. The topological polar surface area (TPSA) is 9.86 Å². The zero-order chi connectivity index (χ0) is 33.5. The van der Waals surface area contributed by atoms with Crippen LogP contribution in [0.4, 0.5) is 0 Å². The molecule has 0 N–H and O–H groups in total. The van der Waals surface area contributed by atoms with E-state index in [4.69, 9.17) is 0 Å². The normalized spacial score (nSPS) is 11.9. The van der Waals surface area contributed by atoms with Gasteiger partial charge in [-0.3, -0.25) is 0 Å². The second kappa shape index (κ2) is 11.0. The van der Waals surface area contributed by atoms with Gasteiger partial charge in [0.25, 0.3) is 0 Å². The molecule has 3 aromatic heterocycles. The number of rotatable bonds is 4. The fourth-order valence-corrected chi connectivity index (χ4v) is 9.42. The lowest BCUT2D eigenvalue weighted by molar-refractivity contribution is 1.18. The Morgan fingerprint density at radius 3 is 1.43 bits per heavy atom. The Hall–Kier alpha value is -6.42. The first-order valence-corrected chi connectivity index (χ1v) is 18.3. The van der Waals surface area contributed by atoms with E-state index in [0.29, 0.717) is 0 Å². The third-order valence-corrected chi connectivity index (χ3v) is 11.6. The Bertz CT molecular complexity index is 3130. The van der Waals surface area contributed by atoms with Crippen LogP contribution in [-0.4, -0.2) is 9.13 Å². The molecule has 2 nitrogen and oxygen atoms in total. The minimum Gasteiger partial charge on any atom is -0.309 e. The fourth-order valence-electron chi connectivity index (χ4n) is 8.25. The van der Waals surface area contributed by atoms with Gasteiger partial charge >= 0.3 is 0 Å². The van der Waals surface area contributed by atoms with E-state index in [9.17, 15) is 0 Å². The van der Waals surface area contributed by atoms with E-state index in [1.54, 1.807) is 0 Å². The van der Waals surface area contributed by atoms with Gasteiger partial charge in [0.1, 0.15) is 0 Å². The van der Waals surface area contributed by atoms with Gasteiger partial charge in [0.2, 0.25) is 0 Å². The van der Waals surface area contributed by atoms with Crippen LogP contribution in [0.5, 0.6) is 0 Å². The SMILES string of the molecule is c1ccc(-n2c3ccccc3c3ccc(-c4cc(-c5ccc6c7ccccc7n(-c7ccccc7)c6c5)c5c(c4)sc4ccccc45)cc32)cc1. The number of nitrogens with zero attached hydrogens (tertiary/aromatic N) is 2. The molecule has 0 bridgehead atoms. The van der Waals surface area contributed by atoms with Gasteiger partial charge in [-0.25, -0.2) is 0 Å². The van der Waals surface area contributed by atoms with Crippen molar-refractivity contribution in [2.24, 2.45) is 0 Å². The molecule has 0 radical (unpaired) electrons. The molecule has 0 fully saturated rings. The maximum absolute atomic E-state index is 2.43. The Kier molecular flexibility index (Phi) is 6.16. The minimum absolute atomic E-state index is 1.17. The number of hydrogen-bond acceptors (Lipinski definition) is 1. The molecule has 51 heavy (non-hydrogen) atoms. The monoisotopic (exact) mass is 666 g/mol. The summed E-state index contributed by atoms with van der Waals surface area (Å²) in [5.74, 6) is 0. The smallest absolute Gasteiger partial charge is 0.0547 e. The molecule has 0 atom stereocenters. The third kappa shape index (κ3) is 4.29. The molecule has 0 aliphatic carbocycles. The van der Waals surface area contributed by atoms with Crippen molar-refractivity contribution < 1.29 is 0 Å². The molecule has 11 aromatic rings. The highest BCUT2D eigenvalue weighted by atomic mass is 32.1. The van der Waals surface area contributed by atoms with Crippen molar-refractivity contribution in [2.45, 2.75) is 0 Å². The first kappa shape index (κ1) is 28.4. The second-order valence-electron chi connectivity index (χ2n) is 13.3.